The van der Waals surface area contributed by atoms with Gasteiger partial charge in [0, 0.05) is 13.1 Å². The predicted molar refractivity (Wildman–Crippen MR) is 102 cm³/mol. The number of carbonyl (C=O) groups is 2. The fraction of sp³-hybridized carbons (Fsp3) is 0.579. The minimum absolute atomic E-state index is 0.0172. The number of amides is 2. The highest BCUT2D eigenvalue weighted by Gasteiger charge is 2.35. The monoisotopic (exact) mass is 393 g/mol. The van der Waals surface area contributed by atoms with Crippen LogP contribution in [0.2, 0.25) is 0 Å². The van der Waals surface area contributed by atoms with Crippen LogP contribution in [0.25, 0.3) is 0 Å². The second kappa shape index (κ2) is 10.6. The maximum atomic E-state index is 12.6. The number of ether oxygens (including phenoxy) is 1. The van der Waals surface area contributed by atoms with Crippen LogP contribution in [0.5, 0.6) is 5.75 Å². The average molecular weight is 393 g/mol. The number of hydrogen-bond donors (Lipinski definition) is 0. The fourth-order valence-electron chi connectivity index (χ4n) is 3.08. The van der Waals surface area contributed by atoms with Gasteiger partial charge in [-0.05, 0) is 50.6 Å². The third-order valence-corrected chi connectivity index (χ3v) is 4.74. The molecule has 0 spiro atoms. The summed E-state index contributed by atoms with van der Waals surface area (Å²) >= 11 is 0. The van der Waals surface area contributed by atoms with Crippen molar-refractivity contribution in [2.45, 2.75) is 33.1 Å². The van der Waals surface area contributed by atoms with Gasteiger partial charge >= 0.3 is 0 Å². The molecule has 0 saturated heterocycles. The van der Waals surface area contributed by atoms with Crippen molar-refractivity contribution in [2.75, 3.05) is 39.4 Å². The number of hydrogen-bond acceptors (Lipinski definition) is 7. The van der Waals surface area contributed by atoms with E-state index >= 15 is 0 Å². The SMILES string of the molecule is CCN(CC)CCOc1ccc2c(c1)C(=O)N(CCCCCO[N+](=O)[O-])C2=O. The van der Waals surface area contributed by atoms with Crippen LogP contribution in [-0.2, 0) is 4.84 Å². The molecule has 0 fully saturated rings. The maximum Gasteiger partial charge on any atom is 0.294 e. The summed E-state index contributed by atoms with van der Waals surface area (Å²) in [5.41, 5.74) is 0.750. The molecule has 1 aromatic rings. The van der Waals surface area contributed by atoms with Gasteiger partial charge in [0.25, 0.3) is 16.9 Å². The van der Waals surface area contributed by atoms with Crippen molar-refractivity contribution in [2.24, 2.45) is 0 Å². The van der Waals surface area contributed by atoms with Crippen molar-refractivity contribution in [3.8, 4) is 5.75 Å². The number of imide groups is 1. The highest BCUT2D eigenvalue weighted by atomic mass is 16.9. The molecule has 0 saturated carbocycles. The van der Waals surface area contributed by atoms with Crippen LogP contribution in [0.1, 0.15) is 53.8 Å². The lowest BCUT2D eigenvalue weighted by Gasteiger charge is -2.18. The topological polar surface area (TPSA) is 102 Å². The maximum absolute atomic E-state index is 12.6. The largest absolute Gasteiger partial charge is 0.492 e. The molecular weight excluding hydrogens is 366 g/mol. The number of benzene rings is 1. The zero-order valence-corrected chi connectivity index (χ0v) is 16.4. The number of unbranched alkanes of at least 4 members (excludes halogenated alkanes) is 2. The van der Waals surface area contributed by atoms with Crippen molar-refractivity contribution in [1.82, 2.24) is 9.80 Å². The third kappa shape index (κ3) is 5.66. The highest BCUT2D eigenvalue weighted by molar-refractivity contribution is 6.21. The lowest BCUT2D eigenvalue weighted by atomic mass is 10.1. The summed E-state index contributed by atoms with van der Waals surface area (Å²) in [5, 5.41) is 9.26. The molecule has 9 nitrogen and oxygen atoms in total. The Morgan fingerprint density at radius 3 is 2.43 bits per heavy atom. The summed E-state index contributed by atoms with van der Waals surface area (Å²) < 4.78 is 5.74. The van der Waals surface area contributed by atoms with E-state index in [0.29, 0.717) is 42.7 Å². The quantitative estimate of drug-likeness (QED) is 0.219. The van der Waals surface area contributed by atoms with E-state index in [2.05, 4.69) is 23.6 Å². The van der Waals surface area contributed by atoms with E-state index in [1.165, 1.54) is 4.90 Å². The summed E-state index contributed by atoms with van der Waals surface area (Å²) in [6, 6.07) is 4.97. The van der Waals surface area contributed by atoms with E-state index in [4.69, 9.17) is 4.74 Å². The first-order chi connectivity index (χ1) is 13.5. The van der Waals surface area contributed by atoms with E-state index in [0.717, 1.165) is 19.6 Å². The second-order valence-electron chi connectivity index (χ2n) is 6.46. The van der Waals surface area contributed by atoms with Gasteiger partial charge in [-0.2, -0.15) is 0 Å². The minimum Gasteiger partial charge on any atom is -0.492 e. The zero-order valence-electron chi connectivity index (χ0n) is 16.4. The molecule has 1 aliphatic heterocycles. The molecule has 0 aromatic heterocycles. The molecule has 2 amide bonds. The first-order valence-corrected chi connectivity index (χ1v) is 9.60. The number of carbonyl (C=O) groups excluding carboxylic acids is 2. The van der Waals surface area contributed by atoms with Crippen LogP contribution < -0.4 is 4.74 Å². The molecule has 0 bridgehead atoms. The standard InChI is InChI=1S/C19H27N3O6/c1-3-20(4-2)11-13-27-15-8-9-16-17(14-15)19(24)21(18(16)23)10-6-5-7-12-28-22(25)26/h8-9,14H,3-7,10-13H2,1-2H3. The zero-order chi connectivity index (χ0) is 20.5. The van der Waals surface area contributed by atoms with Crippen LogP contribution in [-0.4, -0.2) is 66.1 Å². The summed E-state index contributed by atoms with van der Waals surface area (Å²) in [6.07, 6.45) is 1.69. The Bertz CT molecular complexity index is 705. The molecule has 0 aliphatic carbocycles. The van der Waals surface area contributed by atoms with Crippen molar-refractivity contribution >= 4 is 11.8 Å². The summed E-state index contributed by atoms with van der Waals surface area (Å²) in [7, 11) is 0. The van der Waals surface area contributed by atoms with E-state index in [1.807, 2.05) is 0 Å². The van der Waals surface area contributed by atoms with Crippen molar-refractivity contribution < 1.29 is 24.3 Å². The van der Waals surface area contributed by atoms with Gasteiger partial charge in [-0.25, -0.2) is 0 Å². The Kier molecular flexibility index (Phi) is 8.19. The van der Waals surface area contributed by atoms with Crippen LogP contribution in [0, 0.1) is 10.1 Å². The molecule has 154 valence electrons. The molecule has 9 heteroatoms. The molecule has 0 unspecified atom stereocenters. The Morgan fingerprint density at radius 1 is 1.04 bits per heavy atom. The van der Waals surface area contributed by atoms with Crippen molar-refractivity contribution in [1.29, 1.82) is 0 Å². The lowest BCUT2D eigenvalue weighted by Crippen LogP contribution is -2.30. The van der Waals surface area contributed by atoms with Gasteiger partial charge in [0.15, 0.2) is 0 Å². The van der Waals surface area contributed by atoms with Crippen LogP contribution in [0.4, 0.5) is 0 Å². The van der Waals surface area contributed by atoms with E-state index in [-0.39, 0.29) is 25.0 Å². The van der Waals surface area contributed by atoms with E-state index < -0.39 is 5.09 Å². The van der Waals surface area contributed by atoms with Crippen molar-refractivity contribution in [3.05, 3.63) is 39.4 Å². The molecule has 1 aromatic carbocycles. The molecule has 2 rings (SSSR count). The molecule has 1 aliphatic rings. The predicted octanol–water partition coefficient (Wildman–Crippen LogP) is 2.38. The van der Waals surface area contributed by atoms with Gasteiger partial charge in [-0.1, -0.05) is 13.8 Å². The van der Waals surface area contributed by atoms with Crippen LogP contribution in [0.3, 0.4) is 0 Å². The molecule has 0 atom stereocenters. The summed E-state index contributed by atoms with van der Waals surface area (Å²) in [6.45, 7) is 7.68. The number of fused-ring (bicyclic) bond motifs is 1. The first-order valence-electron chi connectivity index (χ1n) is 9.60. The minimum atomic E-state index is -0.828. The normalized spacial score (nSPS) is 13.2. The number of nitrogens with zero attached hydrogens (tertiary/aromatic N) is 3. The van der Waals surface area contributed by atoms with Crippen LogP contribution >= 0.6 is 0 Å². The summed E-state index contributed by atoms with van der Waals surface area (Å²) in [4.78, 5) is 42.8. The van der Waals surface area contributed by atoms with Gasteiger partial charge in [-0.15, -0.1) is 10.1 Å². The Morgan fingerprint density at radius 2 is 1.75 bits per heavy atom. The van der Waals surface area contributed by atoms with E-state index in [1.54, 1.807) is 18.2 Å². The van der Waals surface area contributed by atoms with Crippen LogP contribution in [0.15, 0.2) is 18.2 Å². The number of rotatable bonds is 13. The van der Waals surface area contributed by atoms with Gasteiger partial charge in [-0.3, -0.25) is 14.5 Å². The molecule has 0 radical (unpaired) electrons. The fourth-order valence-corrected chi connectivity index (χ4v) is 3.08. The lowest BCUT2D eigenvalue weighted by molar-refractivity contribution is -0.757. The Balaban J connectivity index is 1.85. The molecule has 0 N–H and O–H groups in total. The molecule has 28 heavy (non-hydrogen) atoms. The highest BCUT2D eigenvalue weighted by Crippen LogP contribution is 2.27. The van der Waals surface area contributed by atoms with Crippen molar-refractivity contribution in [3.63, 3.8) is 0 Å². The molecular formula is C19H27N3O6. The van der Waals surface area contributed by atoms with E-state index in [9.17, 15) is 19.7 Å². The first kappa shape index (κ1) is 21.6. The smallest absolute Gasteiger partial charge is 0.294 e. The van der Waals surface area contributed by atoms with Gasteiger partial charge in [0.05, 0.1) is 17.7 Å². The molecule has 1 heterocycles. The van der Waals surface area contributed by atoms with Gasteiger partial charge < -0.3 is 14.5 Å². The second-order valence-corrected chi connectivity index (χ2v) is 6.46. The Hall–Kier alpha value is -2.68. The average Bonchev–Trinajstić information content (AvgIpc) is 2.92. The summed E-state index contributed by atoms with van der Waals surface area (Å²) in [5.74, 6) is -0.0576. The third-order valence-electron chi connectivity index (χ3n) is 4.74. The number of likely N-dealkylation sites (N-methyl/N-ethyl adjacent to an activating group) is 1. The van der Waals surface area contributed by atoms with Gasteiger partial charge in [0.2, 0.25) is 0 Å². The Labute approximate surface area is 164 Å². The van der Waals surface area contributed by atoms with Gasteiger partial charge in [0.1, 0.15) is 12.4 Å².